The van der Waals surface area contributed by atoms with Crippen molar-refractivity contribution in [3.8, 4) is 5.75 Å². The molecule has 10 heteroatoms. The van der Waals surface area contributed by atoms with Gasteiger partial charge in [0.05, 0.1) is 13.7 Å². The molecule has 140 valence electrons. The Morgan fingerprint density at radius 3 is 2.44 bits per heavy atom. The highest BCUT2D eigenvalue weighted by Crippen LogP contribution is 2.22. The molecule has 2 amide bonds. The molecule has 0 bridgehead atoms. The van der Waals surface area contributed by atoms with Gasteiger partial charge in [-0.25, -0.2) is 4.79 Å². The van der Waals surface area contributed by atoms with Crippen molar-refractivity contribution in [1.29, 1.82) is 0 Å². The SMILES string of the molecule is COc1ccc(NC(=O)N[C@H]2[C@H](O)[C@@H](O)[C@H]([C@H](O)CO)O[C@@H]2O)cc1. The Kier molecular flexibility index (Phi) is 6.53. The molecule has 10 nitrogen and oxygen atoms in total. The maximum absolute atomic E-state index is 12.0. The first-order valence-corrected chi connectivity index (χ1v) is 7.57. The lowest BCUT2D eigenvalue weighted by Gasteiger charge is -2.42. The number of aliphatic hydroxyl groups excluding tert-OH is 5. The van der Waals surface area contributed by atoms with Crippen LogP contribution in [0.25, 0.3) is 0 Å². The summed E-state index contributed by atoms with van der Waals surface area (Å²) < 4.78 is 9.99. The number of nitrogens with one attached hydrogen (secondary N) is 2. The monoisotopic (exact) mass is 358 g/mol. The first-order chi connectivity index (χ1) is 11.9. The van der Waals surface area contributed by atoms with E-state index >= 15 is 0 Å². The van der Waals surface area contributed by atoms with E-state index in [0.29, 0.717) is 11.4 Å². The van der Waals surface area contributed by atoms with Crippen LogP contribution in [0.5, 0.6) is 5.75 Å². The predicted octanol–water partition coefficient (Wildman–Crippen LogP) is -2.02. The van der Waals surface area contributed by atoms with E-state index in [9.17, 15) is 25.2 Å². The summed E-state index contributed by atoms with van der Waals surface area (Å²) in [5.74, 6) is 0.606. The number of amides is 2. The minimum Gasteiger partial charge on any atom is -0.497 e. The Morgan fingerprint density at radius 1 is 1.24 bits per heavy atom. The molecule has 1 aromatic rings. The fourth-order valence-electron chi connectivity index (χ4n) is 2.47. The highest BCUT2D eigenvalue weighted by atomic mass is 16.6. The van der Waals surface area contributed by atoms with Crippen LogP contribution in [0.4, 0.5) is 10.5 Å². The molecule has 0 saturated carbocycles. The quantitative estimate of drug-likeness (QED) is 0.317. The molecular formula is C15H22N2O8. The number of hydrogen-bond donors (Lipinski definition) is 7. The Labute approximate surface area is 143 Å². The standard InChI is InChI=1S/C15H22N2O8/c1-24-8-4-2-7(3-5-8)16-15(23)17-10-11(20)12(21)13(9(19)6-18)25-14(10)22/h2-5,9-14,18-22H,6H2,1H3,(H2,16,17,23)/t9-,10+,11+,12-,13+,14+/m1/s1. The fourth-order valence-corrected chi connectivity index (χ4v) is 2.47. The third-order valence-electron chi connectivity index (χ3n) is 3.87. The number of benzene rings is 1. The number of methoxy groups -OCH3 is 1. The minimum atomic E-state index is -1.69. The van der Waals surface area contributed by atoms with E-state index in [1.807, 2.05) is 0 Å². The van der Waals surface area contributed by atoms with E-state index in [1.54, 1.807) is 24.3 Å². The molecule has 2 rings (SSSR count). The third-order valence-corrected chi connectivity index (χ3v) is 3.87. The highest BCUT2D eigenvalue weighted by Gasteiger charge is 2.46. The van der Waals surface area contributed by atoms with Gasteiger partial charge in [0.15, 0.2) is 6.29 Å². The number of ether oxygens (including phenoxy) is 2. The van der Waals surface area contributed by atoms with Crippen LogP contribution in [0.1, 0.15) is 0 Å². The molecular weight excluding hydrogens is 336 g/mol. The Balaban J connectivity index is 1.97. The molecule has 1 saturated heterocycles. The lowest BCUT2D eigenvalue weighted by molar-refractivity contribution is -0.267. The van der Waals surface area contributed by atoms with Gasteiger partial charge in [0.25, 0.3) is 0 Å². The van der Waals surface area contributed by atoms with Gasteiger partial charge in [-0.05, 0) is 24.3 Å². The number of carbonyl (C=O) groups excluding carboxylic acids is 1. The van der Waals surface area contributed by atoms with Crippen LogP contribution >= 0.6 is 0 Å². The van der Waals surface area contributed by atoms with Crippen molar-refractivity contribution in [3.63, 3.8) is 0 Å². The third kappa shape index (κ3) is 4.57. The zero-order valence-electron chi connectivity index (χ0n) is 13.4. The summed E-state index contributed by atoms with van der Waals surface area (Å²) in [6.45, 7) is -0.725. The van der Waals surface area contributed by atoms with Crippen molar-refractivity contribution in [1.82, 2.24) is 5.32 Å². The summed E-state index contributed by atoms with van der Waals surface area (Å²) in [4.78, 5) is 12.0. The van der Waals surface area contributed by atoms with Crippen LogP contribution < -0.4 is 15.4 Å². The molecule has 1 heterocycles. The fraction of sp³-hybridized carbons (Fsp3) is 0.533. The second-order valence-electron chi connectivity index (χ2n) is 5.58. The lowest BCUT2D eigenvalue weighted by atomic mass is 9.94. The van der Waals surface area contributed by atoms with Crippen LogP contribution in [-0.4, -0.2) is 82.0 Å². The van der Waals surface area contributed by atoms with Crippen molar-refractivity contribution in [2.24, 2.45) is 0 Å². The molecule has 0 radical (unpaired) electrons. The summed E-state index contributed by atoms with van der Waals surface area (Å²) in [5, 5.41) is 53.1. The Bertz CT molecular complexity index is 569. The summed E-state index contributed by atoms with van der Waals surface area (Å²) in [5.41, 5.74) is 0.438. The van der Waals surface area contributed by atoms with E-state index in [-0.39, 0.29) is 0 Å². The van der Waals surface area contributed by atoms with Crippen LogP contribution in [0, 0.1) is 0 Å². The van der Waals surface area contributed by atoms with E-state index in [1.165, 1.54) is 7.11 Å². The van der Waals surface area contributed by atoms with Gasteiger partial charge in [-0.1, -0.05) is 0 Å². The summed E-state index contributed by atoms with van der Waals surface area (Å²) in [6.07, 6.45) is -7.80. The maximum Gasteiger partial charge on any atom is 0.319 e. The van der Waals surface area contributed by atoms with E-state index in [4.69, 9.17) is 14.6 Å². The number of urea groups is 1. The normalized spacial score (nSPS) is 30.4. The zero-order valence-corrected chi connectivity index (χ0v) is 13.4. The van der Waals surface area contributed by atoms with Crippen molar-refractivity contribution in [2.45, 2.75) is 36.7 Å². The Morgan fingerprint density at radius 2 is 1.88 bits per heavy atom. The van der Waals surface area contributed by atoms with Gasteiger partial charge in [-0.3, -0.25) is 0 Å². The number of anilines is 1. The van der Waals surface area contributed by atoms with Crippen LogP contribution in [0.15, 0.2) is 24.3 Å². The average Bonchev–Trinajstić information content (AvgIpc) is 2.61. The van der Waals surface area contributed by atoms with Crippen LogP contribution in [0.3, 0.4) is 0 Å². The van der Waals surface area contributed by atoms with Crippen molar-refractivity contribution in [3.05, 3.63) is 24.3 Å². The highest BCUT2D eigenvalue weighted by molar-refractivity contribution is 5.89. The van der Waals surface area contributed by atoms with Gasteiger partial charge in [-0.2, -0.15) is 0 Å². The molecule has 0 unspecified atom stereocenters. The van der Waals surface area contributed by atoms with Crippen LogP contribution in [-0.2, 0) is 4.74 Å². The van der Waals surface area contributed by atoms with Gasteiger partial charge in [0.2, 0.25) is 0 Å². The summed E-state index contributed by atoms with van der Waals surface area (Å²) >= 11 is 0. The molecule has 1 aliphatic rings. The van der Waals surface area contributed by atoms with Gasteiger partial charge in [0, 0.05) is 5.69 Å². The first-order valence-electron chi connectivity index (χ1n) is 7.57. The molecule has 1 aromatic carbocycles. The smallest absolute Gasteiger partial charge is 0.319 e. The molecule has 1 fully saturated rings. The number of carbonyl (C=O) groups is 1. The molecule has 7 N–H and O–H groups in total. The predicted molar refractivity (Wildman–Crippen MR) is 84.9 cm³/mol. The van der Waals surface area contributed by atoms with Gasteiger partial charge in [0.1, 0.15) is 36.2 Å². The molecule has 6 atom stereocenters. The van der Waals surface area contributed by atoms with E-state index < -0.39 is 49.4 Å². The maximum atomic E-state index is 12.0. The molecule has 0 aromatic heterocycles. The molecule has 25 heavy (non-hydrogen) atoms. The largest absolute Gasteiger partial charge is 0.497 e. The summed E-state index contributed by atoms with van der Waals surface area (Å²) in [6, 6.07) is 4.36. The second-order valence-corrected chi connectivity index (χ2v) is 5.58. The number of rotatable bonds is 5. The minimum absolute atomic E-state index is 0.438. The van der Waals surface area contributed by atoms with Crippen molar-refractivity contribution in [2.75, 3.05) is 19.0 Å². The van der Waals surface area contributed by atoms with Crippen LogP contribution in [0.2, 0.25) is 0 Å². The van der Waals surface area contributed by atoms with Gasteiger partial charge < -0.3 is 45.6 Å². The number of hydrogen-bond acceptors (Lipinski definition) is 8. The lowest BCUT2D eigenvalue weighted by Crippen LogP contribution is -2.66. The summed E-state index contributed by atoms with van der Waals surface area (Å²) in [7, 11) is 1.51. The zero-order chi connectivity index (χ0) is 18.6. The molecule has 0 aliphatic carbocycles. The average molecular weight is 358 g/mol. The van der Waals surface area contributed by atoms with Gasteiger partial charge in [-0.15, -0.1) is 0 Å². The van der Waals surface area contributed by atoms with Crippen molar-refractivity contribution >= 4 is 11.7 Å². The van der Waals surface area contributed by atoms with Crippen molar-refractivity contribution < 1.29 is 39.8 Å². The molecule has 0 spiro atoms. The Hall–Kier alpha value is -1.95. The van der Waals surface area contributed by atoms with E-state index in [0.717, 1.165) is 0 Å². The number of aliphatic hydroxyl groups is 5. The van der Waals surface area contributed by atoms with Gasteiger partial charge >= 0.3 is 6.03 Å². The second kappa shape index (κ2) is 8.43. The first kappa shape index (κ1) is 19.4. The van der Waals surface area contributed by atoms with E-state index in [2.05, 4.69) is 10.6 Å². The topological polar surface area (TPSA) is 161 Å². The molecule has 1 aliphatic heterocycles.